The first kappa shape index (κ1) is 8.08. The Morgan fingerprint density at radius 3 is 3.08 bits per heavy atom. The van der Waals surface area contributed by atoms with Gasteiger partial charge in [-0.25, -0.2) is 0 Å². The summed E-state index contributed by atoms with van der Waals surface area (Å²) < 4.78 is 5.21. The number of hydrogen-bond acceptors (Lipinski definition) is 2. The first-order chi connectivity index (χ1) is 5.81. The largest absolute Gasteiger partial charge is 0.427 e. The van der Waals surface area contributed by atoms with Gasteiger partial charge in [-0.2, -0.15) is 4.98 Å². The minimum absolute atomic E-state index is 0.193. The summed E-state index contributed by atoms with van der Waals surface area (Å²) in [5, 5.41) is 0.939. The van der Waals surface area contributed by atoms with E-state index in [1.165, 1.54) is 0 Å². The van der Waals surface area contributed by atoms with Gasteiger partial charge in [-0.3, -0.25) is 0 Å². The quantitative estimate of drug-likeness (QED) is 0.721. The van der Waals surface area contributed by atoms with Crippen molar-refractivity contribution in [1.29, 1.82) is 0 Å². The Morgan fingerprint density at radius 2 is 2.33 bits per heavy atom. The Kier molecular flexibility index (Phi) is 2.07. The van der Waals surface area contributed by atoms with Crippen molar-refractivity contribution in [2.45, 2.75) is 5.33 Å². The number of hydrogen-bond donors (Lipinski definition) is 0. The van der Waals surface area contributed by atoms with Crippen molar-refractivity contribution in [3.05, 3.63) is 29.1 Å². The van der Waals surface area contributed by atoms with Crippen LogP contribution in [0.15, 0.2) is 22.6 Å². The van der Waals surface area contributed by atoms with Gasteiger partial charge in [-0.15, -0.1) is 0 Å². The second kappa shape index (κ2) is 3.07. The van der Waals surface area contributed by atoms with Crippen molar-refractivity contribution in [2.75, 3.05) is 0 Å². The van der Waals surface area contributed by atoms with Gasteiger partial charge in [0, 0.05) is 10.9 Å². The Hall–Kier alpha value is -0.540. The van der Waals surface area contributed by atoms with Gasteiger partial charge in [0.25, 0.3) is 5.35 Å². The van der Waals surface area contributed by atoms with E-state index in [1.54, 1.807) is 0 Å². The van der Waals surface area contributed by atoms with Crippen LogP contribution in [0.5, 0.6) is 0 Å². The van der Waals surface area contributed by atoms with E-state index in [0.717, 1.165) is 22.0 Å². The zero-order valence-electron chi connectivity index (χ0n) is 6.05. The molecule has 0 saturated carbocycles. The standard InChI is InChI=1S/C8H5BrClNO/c9-4-5-2-1-3-6-7(5)12-8(10)11-6/h1-3H,4H2. The molecule has 0 saturated heterocycles. The zero-order valence-corrected chi connectivity index (χ0v) is 8.39. The molecule has 0 atom stereocenters. The van der Waals surface area contributed by atoms with Gasteiger partial charge in [0.05, 0.1) is 0 Å². The van der Waals surface area contributed by atoms with Crippen LogP contribution in [0.2, 0.25) is 5.35 Å². The molecule has 0 radical (unpaired) electrons. The van der Waals surface area contributed by atoms with Crippen molar-refractivity contribution in [3.8, 4) is 0 Å². The molecule has 0 aliphatic heterocycles. The van der Waals surface area contributed by atoms with Crippen molar-refractivity contribution >= 4 is 38.6 Å². The van der Waals surface area contributed by atoms with Crippen molar-refractivity contribution in [2.24, 2.45) is 0 Å². The van der Waals surface area contributed by atoms with Gasteiger partial charge >= 0.3 is 0 Å². The normalized spacial score (nSPS) is 10.8. The first-order valence-corrected chi connectivity index (χ1v) is 4.91. The van der Waals surface area contributed by atoms with E-state index in [0.29, 0.717) is 0 Å². The van der Waals surface area contributed by atoms with Gasteiger partial charge in [-0.1, -0.05) is 28.1 Å². The van der Waals surface area contributed by atoms with E-state index in [9.17, 15) is 0 Å². The van der Waals surface area contributed by atoms with E-state index >= 15 is 0 Å². The summed E-state index contributed by atoms with van der Waals surface area (Å²) in [6, 6.07) is 5.77. The number of para-hydroxylation sites is 1. The van der Waals surface area contributed by atoms with Gasteiger partial charge < -0.3 is 4.42 Å². The van der Waals surface area contributed by atoms with Crippen LogP contribution in [0.4, 0.5) is 0 Å². The maximum atomic E-state index is 5.62. The summed E-state index contributed by atoms with van der Waals surface area (Å²) in [5.74, 6) is 0. The summed E-state index contributed by atoms with van der Waals surface area (Å²) in [6.45, 7) is 0. The number of nitrogens with zero attached hydrogens (tertiary/aromatic N) is 1. The molecular formula is C8H5BrClNO. The maximum absolute atomic E-state index is 5.62. The smallest absolute Gasteiger partial charge is 0.293 e. The van der Waals surface area contributed by atoms with Crippen LogP contribution in [0.3, 0.4) is 0 Å². The molecule has 2 aromatic rings. The summed E-state index contributed by atoms with van der Waals surface area (Å²) in [5.41, 5.74) is 2.63. The Labute approximate surface area is 82.7 Å². The summed E-state index contributed by atoms with van der Waals surface area (Å²) in [7, 11) is 0. The highest BCUT2D eigenvalue weighted by Gasteiger charge is 2.06. The van der Waals surface area contributed by atoms with E-state index < -0.39 is 0 Å². The molecule has 0 N–H and O–H groups in total. The fourth-order valence-corrected chi connectivity index (χ4v) is 1.69. The monoisotopic (exact) mass is 245 g/mol. The third-order valence-corrected chi connectivity index (χ3v) is 2.38. The van der Waals surface area contributed by atoms with Crippen LogP contribution < -0.4 is 0 Å². The minimum Gasteiger partial charge on any atom is -0.427 e. The number of halogens is 2. The van der Waals surface area contributed by atoms with E-state index in [4.69, 9.17) is 16.0 Å². The number of oxazole rings is 1. The number of fused-ring (bicyclic) bond motifs is 1. The number of aromatic nitrogens is 1. The molecular weight excluding hydrogens is 241 g/mol. The lowest BCUT2D eigenvalue weighted by Crippen LogP contribution is -1.76. The predicted octanol–water partition coefficient (Wildman–Crippen LogP) is 3.38. The summed E-state index contributed by atoms with van der Waals surface area (Å²) in [4.78, 5) is 4.00. The van der Waals surface area contributed by atoms with Crippen molar-refractivity contribution < 1.29 is 4.42 Å². The average molecular weight is 246 g/mol. The van der Waals surface area contributed by atoms with Gasteiger partial charge in [-0.05, 0) is 17.7 Å². The van der Waals surface area contributed by atoms with E-state index in [1.807, 2.05) is 18.2 Å². The molecule has 1 heterocycles. The molecule has 2 rings (SSSR count). The molecule has 1 aromatic heterocycles. The minimum atomic E-state index is 0.193. The number of alkyl halides is 1. The van der Waals surface area contributed by atoms with Gasteiger partial charge in [0.15, 0.2) is 5.58 Å². The molecule has 12 heavy (non-hydrogen) atoms. The molecule has 0 fully saturated rings. The molecule has 0 bridgehead atoms. The Morgan fingerprint density at radius 1 is 1.50 bits per heavy atom. The van der Waals surface area contributed by atoms with Crippen LogP contribution in [0.1, 0.15) is 5.56 Å². The Balaban J connectivity index is 2.78. The third kappa shape index (κ3) is 1.23. The van der Waals surface area contributed by atoms with Crippen LogP contribution in [-0.4, -0.2) is 4.98 Å². The van der Waals surface area contributed by atoms with E-state index in [2.05, 4.69) is 20.9 Å². The lowest BCUT2D eigenvalue weighted by Gasteiger charge is -1.92. The van der Waals surface area contributed by atoms with Crippen molar-refractivity contribution in [3.63, 3.8) is 0 Å². The maximum Gasteiger partial charge on any atom is 0.293 e. The molecule has 62 valence electrons. The second-order valence-electron chi connectivity index (χ2n) is 2.37. The Bertz CT molecular complexity index is 412. The predicted molar refractivity (Wildman–Crippen MR) is 51.7 cm³/mol. The highest BCUT2D eigenvalue weighted by molar-refractivity contribution is 9.08. The third-order valence-electron chi connectivity index (χ3n) is 1.61. The van der Waals surface area contributed by atoms with Crippen LogP contribution in [0, 0.1) is 0 Å². The molecule has 2 nitrogen and oxygen atoms in total. The highest BCUT2D eigenvalue weighted by atomic mass is 79.9. The zero-order chi connectivity index (χ0) is 8.55. The average Bonchev–Trinajstić information content (AvgIpc) is 2.44. The molecule has 0 spiro atoms. The van der Waals surface area contributed by atoms with Crippen LogP contribution >= 0.6 is 27.5 Å². The molecule has 0 amide bonds. The fraction of sp³-hybridized carbons (Fsp3) is 0.125. The molecule has 0 unspecified atom stereocenters. The van der Waals surface area contributed by atoms with Gasteiger partial charge in [0.1, 0.15) is 5.52 Å². The van der Waals surface area contributed by atoms with Crippen molar-refractivity contribution in [1.82, 2.24) is 4.98 Å². The van der Waals surface area contributed by atoms with Crippen LogP contribution in [0.25, 0.3) is 11.1 Å². The lowest BCUT2D eigenvalue weighted by molar-refractivity contribution is 0.602. The molecule has 1 aromatic carbocycles. The summed E-state index contributed by atoms with van der Waals surface area (Å²) in [6.07, 6.45) is 0. The topological polar surface area (TPSA) is 26.0 Å². The molecule has 4 heteroatoms. The number of rotatable bonds is 1. The lowest BCUT2D eigenvalue weighted by atomic mass is 10.2. The SMILES string of the molecule is Clc1nc2cccc(CBr)c2o1. The second-order valence-corrected chi connectivity index (χ2v) is 3.25. The molecule has 0 aliphatic rings. The van der Waals surface area contributed by atoms with Crippen LogP contribution in [-0.2, 0) is 5.33 Å². The fourth-order valence-electron chi connectivity index (χ4n) is 1.08. The number of benzene rings is 1. The first-order valence-electron chi connectivity index (χ1n) is 3.41. The molecule has 0 aliphatic carbocycles. The highest BCUT2D eigenvalue weighted by Crippen LogP contribution is 2.23. The van der Waals surface area contributed by atoms with Gasteiger partial charge in [0.2, 0.25) is 0 Å². The van der Waals surface area contributed by atoms with E-state index in [-0.39, 0.29) is 5.35 Å². The summed E-state index contributed by atoms with van der Waals surface area (Å²) >= 11 is 8.98.